The lowest BCUT2D eigenvalue weighted by Crippen LogP contribution is -2.19. The van der Waals surface area contributed by atoms with Gasteiger partial charge >= 0.3 is 5.97 Å². The maximum atomic E-state index is 10.9. The van der Waals surface area contributed by atoms with Crippen molar-refractivity contribution in [2.75, 3.05) is 0 Å². The predicted molar refractivity (Wildman–Crippen MR) is 94.9 cm³/mol. The highest BCUT2D eigenvalue weighted by atomic mass is 35.5. The van der Waals surface area contributed by atoms with Gasteiger partial charge in [0.15, 0.2) is 0 Å². The van der Waals surface area contributed by atoms with Gasteiger partial charge in [-0.2, -0.15) is 0 Å². The number of hydrogen-bond acceptors (Lipinski definition) is 4. The van der Waals surface area contributed by atoms with E-state index in [1.807, 2.05) is 24.4 Å². The fraction of sp³-hybridized carbons (Fsp3) is 0.444. The van der Waals surface area contributed by atoms with Gasteiger partial charge in [0.25, 0.3) is 0 Å². The van der Waals surface area contributed by atoms with Gasteiger partial charge in [-0.05, 0) is 55.4 Å². The molecule has 4 atom stereocenters. The number of aliphatic hydroxyl groups is 1. The number of pyridine rings is 1. The number of alkyl halides is 1. The Hall–Kier alpha value is -1.43. The molecule has 0 amide bonds. The normalized spacial score (nSPS) is 26.6. The Labute approximate surface area is 150 Å². The number of aromatic carboxylic acids is 1. The number of carbonyl (C=O) groups is 1. The predicted octanol–water partition coefficient (Wildman–Crippen LogP) is 3.94. The van der Waals surface area contributed by atoms with Gasteiger partial charge in [0.1, 0.15) is 4.88 Å². The number of hydrogen-bond donors (Lipinski definition) is 2. The van der Waals surface area contributed by atoms with E-state index in [0.717, 1.165) is 29.7 Å². The Balaban J connectivity index is 1.62. The summed E-state index contributed by atoms with van der Waals surface area (Å²) in [7, 11) is 0. The molecule has 0 spiro atoms. The summed E-state index contributed by atoms with van der Waals surface area (Å²) in [6.07, 6.45) is 6.40. The second kappa shape index (κ2) is 7.64. The summed E-state index contributed by atoms with van der Waals surface area (Å²) in [5.74, 6) is -0.633. The van der Waals surface area contributed by atoms with Gasteiger partial charge in [0.05, 0.1) is 6.10 Å². The molecule has 2 aromatic heterocycles. The number of thiophene rings is 1. The fourth-order valence-corrected chi connectivity index (χ4v) is 4.96. The number of halogens is 1. The van der Waals surface area contributed by atoms with E-state index in [-0.39, 0.29) is 17.2 Å². The van der Waals surface area contributed by atoms with Crippen LogP contribution in [0.2, 0.25) is 0 Å². The Morgan fingerprint density at radius 1 is 1.38 bits per heavy atom. The number of carboxylic acids is 1. The van der Waals surface area contributed by atoms with Crippen molar-refractivity contribution in [2.45, 2.75) is 43.1 Å². The first-order chi connectivity index (χ1) is 11.6. The van der Waals surface area contributed by atoms with Crippen LogP contribution in [0.15, 0.2) is 36.7 Å². The molecule has 0 bridgehead atoms. The van der Waals surface area contributed by atoms with Gasteiger partial charge in [0, 0.05) is 28.6 Å². The van der Waals surface area contributed by atoms with E-state index in [9.17, 15) is 9.90 Å². The number of carboxylic acid groups (broad SMARTS) is 1. The second-order valence-corrected chi connectivity index (χ2v) is 7.99. The summed E-state index contributed by atoms with van der Waals surface area (Å²) < 4.78 is 0. The van der Waals surface area contributed by atoms with E-state index in [2.05, 4.69) is 4.98 Å². The van der Waals surface area contributed by atoms with Crippen LogP contribution in [0.4, 0.5) is 0 Å². The summed E-state index contributed by atoms with van der Waals surface area (Å²) >= 11 is 7.82. The molecule has 128 valence electrons. The van der Waals surface area contributed by atoms with Gasteiger partial charge in [-0.25, -0.2) is 4.79 Å². The summed E-state index contributed by atoms with van der Waals surface area (Å²) in [4.78, 5) is 16.6. The molecule has 2 aromatic rings. The summed E-state index contributed by atoms with van der Waals surface area (Å²) in [5.41, 5.74) is 1.04. The topological polar surface area (TPSA) is 70.4 Å². The number of rotatable bonds is 6. The highest BCUT2D eigenvalue weighted by Crippen LogP contribution is 2.45. The van der Waals surface area contributed by atoms with E-state index in [1.165, 1.54) is 11.3 Å². The third-order valence-electron chi connectivity index (χ3n) is 4.71. The minimum absolute atomic E-state index is 0.0270. The molecule has 0 aliphatic heterocycles. The average Bonchev–Trinajstić information content (AvgIpc) is 3.13. The number of aromatic nitrogens is 1. The molecule has 1 fully saturated rings. The van der Waals surface area contributed by atoms with Crippen LogP contribution in [-0.2, 0) is 6.42 Å². The van der Waals surface area contributed by atoms with Crippen molar-refractivity contribution in [1.29, 1.82) is 0 Å². The van der Waals surface area contributed by atoms with Crippen LogP contribution in [0.1, 0.15) is 45.3 Å². The molecule has 1 saturated carbocycles. The van der Waals surface area contributed by atoms with E-state index < -0.39 is 12.1 Å². The van der Waals surface area contributed by atoms with Crippen LogP contribution < -0.4 is 0 Å². The lowest BCUT2D eigenvalue weighted by atomic mass is 9.85. The Morgan fingerprint density at radius 2 is 2.21 bits per heavy atom. The molecule has 0 aromatic carbocycles. The lowest BCUT2D eigenvalue weighted by Gasteiger charge is -2.23. The lowest BCUT2D eigenvalue weighted by molar-refractivity contribution is 0.0702. The van der Waals surface area contributed by atoms with Gasteiger partial charge in [-0.1, -0.05) is 6.07 Å². The van der Waals surface area contributed by atoms with Gasteiger partial charge in [-0.3, -0.25) is 4.98 Å². The summed E-state index contributed by atoms with van der Waals surface area (Å²) in [6.45, 7) is 0. The highest BCUT2D eigenvalue weighted by Gasteiger charge is 2.41. The fourth-order valence-electron chi connectivity index (χ4n) is 3.60. The van der Waals surface area contributed by atoms with Crippen molar-refractivity contribution < 1.29 is 15.0 Å². The van der Waals surface area contributed by atoms with Crippen molar-refractivity contribution in [3.63, 3.8) is 0 Å². The molecular weight excluding hydrogens is 346 g/mol. The first kappa shape index (κ1) is 17.4. The molecule has 6 heteroatoms. The molecule has 4 nitrogen and oxygen atoms in total. The van der Waals surface area contributed by atoms with Crippen molar-refractivity contribution >= 4 is 28.9 Å². The quantitative estimate of drug-likeness (QED) is 0.761. The molecule has 1 aliphatic carbocycles. The minimum Gasteiger partial charge on any atom is -0.477 e. The van der Waals surface area contributed by atoms with Crippen LogP contribution >= 0.6 is 22.9 Å². The maximum absolute atomic E-state index is 10.9. The van der Waals surface area contributed by atoms with Crippen LogP contribution in [0, 0.1) is 5.92 Å². The largest absolute Gasteiger partial charge is 0.477 e. The standard InChI is InChI=1S/C18H20ClNO3S/c19-14-9-15(21)17(11-3-2-8-20-10-11)13(14)5-1-4-12-6-7-16(24-12)18(22)23/h2-3,6-8,10,13-15,17,21H,1,4-5,9H2,(H,22,23)/t13-,14+,15+,17+/m0/s1. The third kappa shape index (κ3) is 3.79. The van der Waals surface area contributed by atoms with Crippen molar-refractivity contribution in [1.82, 2.24) is 4.98 Å². The van der Waals surface area contributed by atoms with E-state index in [0.29, 0.717) is 11.3 Å². The van der Waals surface area contributed by atoms with E-state index in [4.69, 9.17) is 16.7 Å². The molecule has 0 radical (unpaired) electrons. The molecule has 2 heterocycles. The summed E-state index contributed by atoms with van der Waals surface area (Å²) in [5, 5.41) is 19.3. The van der Waals surface area contributed by atoms with Gasteiger partial charge in [0.2, 0.25) is 0 Å². The zero-order chi connectivity index (χ0) is 17.1. The van der Waals surface area contributed by atoms with Crippen LogP contribution in [-0.4, -0.2) is 32.6 Å². The maximum Gasteiger partial charge on any atom is 0.345 e. The number of aliphatic hydroxyl groups excluding tert-OH is 1. The van der Waals surface area contributed by atoms with Crippen molar-refractivity contribution in [3.8, 4) is 0 Å². The second-order valence-electron chi connectivity index (χ2n) is 6.26. The molecule has 24 heavy (non-hydrogen) atoms. The molecule has 3 rings (SSSR count). The molecule has 1 aliphatic rings. The van der Waals surface area contributed by atoms with Crippen molar-refractivity contribution in [3.05, 3.63) is 52.0 Å². The van der Waals surface area contributed by atoms with Gasteiger partial charge < -0.3 is 10.2 Å². The molecular formula is C18H20ClNO3S. The number of aryl methyl sites for hydroxylation is 1. The molecule has 0 saturated heterocycles. The number of nitrogens with zero attached hydrogens (tertiary/aromatic N) is 1. The first-order valence-corrected chi connectivity index (χ1v) is 9.35. The average molecular weight is 366 g/mol. The first-order valence-electron chi connectivity index (χ1n) is 8.10. The SMILES string of the molecule is O=C(O)c1ccc(CCC[C@@H]2[C@@H](c3cccnc3)[C@H](O)C[C@H]2Cl)s1. The zero-order valence-electron chi connectivity index (χ0n) is 13.1. The van der Waals surface area contributed by atoms with Crippen LogP contribution in [0.5, 0.6) is 0 Å². The zero-order valence-corrected chi connectivity index (χ0v) is 14.7. The Bertz CT molecular complexity index is 691. The smallest absolute Gasteiger partial charge is 0.345 e. The Morgan fingerprint density at radius 3 is 2.88 bits per heavy atom. The van der Waals surface area contributed by atoms with E-state index in [1.54, 1.807) is 12.3 Å². The third-order valence-corrected chi connectivity index (χ3v) is 6.34. The van der Waals surface area contributed by atoms with Crippen molar-refractivity contribution in [2.24, 2.45) is 5.92 Å². The highest BCUT2D eigenvalue weighted by molar-refractivity contribution is 7.13. The van der Waals surface area contributed by atoms with E-state index >= 15 is 0 Å². The minimum atomic E-state index is -0.873. The monoisotopic (exact) mass is 365 g/mol. The van der Waals surface area contributed by atoms with Gasteiger partial charge in [-0.15, -0.1) is 22.9 Å². The Kier molecular flexibility index (Phi) is 5.54. The van der Waals surface area contributed by atoms with Crippen LogP contribution in [0.25, 0.3) is 0 Å². The molecule has 2 N–H and O–H groups in total. The molecule has 0 unspecified atom stereocenters. The summed E-state index contributed by atoms with van der Waals surface area (Å²) in [6, 6.07) is 7.43. The van der Waals surface area contributed by atoms with Crippen LogP contribution in [0.3, 0.4) is 0 Å².